The summed E-state index contributed by atoms with van der Waals surface area (Å²) in [5.74, 6) is 0.655. The maximum absolute atomic E-state index is 8.89. The van der Waals surface area contributed by atoms with E-state index in [0.29, 0.717) is 5.92 Å². The van der Waals surface area contributed by atoms with E-state index in [2.05, 4.69) is 26.0 Å². The van der Waals surface area contributed by atoms with E-state index >= 15 is 0 Å². The minimum Gasteiger partial charge on any atom is -0.395 e. The fraction of sp³-hybridized carbons (Fsp3) is 0.750. The highest BCUT2D eigenvalue weighted by atomic mass is 16.3. The fourth-order valence-electron chi connectivity index (χ4n) is 1.39. The molecule has 0 radical (unpaired) electrons. The quantitative estimate of drug-likeness (QED) is 0.529. The molecular formula is C8H14O. The predicted octanol–water partition coefficient (Wildman–Crippen LogP) is 1.58. The maximum atomic E-state index is 8.89. The summed E-state index contributed by atoms with van der Waals surface area (Å²) in [7, 11) is 0. The lowest BCUT2D eigenvalue weighted by Crippen LogP contribution is -2.15. The van der Waals surface area contributed by atoms with E-state index in [1.54, 1.807) is 0 Å². The van der Waals surface area contributed by atoms with Crippen molar-refractivity contribution in [3.63, 3.8) is 0 Å². The summed E-state index contributed by atoms with van der Waals surface area (Å²) in [6.07, 6.45) is 5.40. The molecule has 2 unspecified atom stereocenters. The van der Waals surface area contributed by atoms with Gasteiger partial charge in [-0.15, -0.1) is 0 Å². The first-order valence-electron chi connectivity index (χ1n) is 3.46. The monoisotopic (exact) mass is 126 g/mol. The van der Waals surface area contributed by atoms with E-state index in [1.165, 1.54) is 0 Å². The van der Waals surface area contributed by atoms with Gasteiger partial charge in [0.1, 0.15) is 0 Å². The van der Waals surface area contributed by atoms with E-state index in [4.69, 9.17) is 5.11 Å². The van der Waals surface area contributed by atoms with Crippen molar-refractivity contribution < 1.29 is 5.11 Å². The topological polar surface area (TPSA) is 20.2 Å². The smallest absolute Gasteiger partial charge is 0.0519 e. The zero-order chi connectivity index (χ0) is 6.91. The van der Waals surface area contributed by atoms with Crippen LogP contribution in [0.4, 0.5) is 0 Å². The average molecular weight is 126 g/mol. The maximum Gasteiger partial charge on any atom is 0.0519 e. The van der Waals surface area contributed by atoms with Crippen molar-refractivity contribution in [1.82, 2.24) is 0 Å². The van der Waals surface area contributed by atoms with Gasteiger partial charge in [0.15, 0.2) is 0 Å². The number of hydrogen-bond donors (Lipinski definition) is 1. The fourth-order valence-corrected chi connectivity index (χ4v) is 1.39. The summed E-state index contributed by atoms with van der Waals surface area (Å²) in [4.78, 5) is 0. The SMILES string of the molecule is CC1C=CC(C)(CO)C1. The molecule has 0 fully saturated rings. The first kappa shape index (κ1) is 6.81. The summed E-state index contributed by atoms with van der Waals surface area (Å²) in [6, 6.07) is 0. The molecule has 0 spiro atoms. The third-order valence-electron chi connectivity index (χ3n) is 1.98. The molecule has 0 aromatic rings. The minimum atomic E-state index is 0.0828. The minimum absolute atomic E-state index is 0.0828. The van der Waals surface area contributed by atoms with E-state index in [1.807, 2.05) is 0 Å². The number of hydrogen-bond acceptors (Lipinski definition) is 1. The summed E-state index contributed by atoms with van der Waals surface area (Å²) in [5.41, 5.74) is 0.0828. The van der Waals surface area contributed by atoms with Crippen molar-refractivity contribution >= 4 is 0 Å². The van der Waals surface area contributed by atoms with Crippen LogP contribution in [0, 0.1) is 11.3 Å². The normalized spacial score (nSPS) is 41.9. The van der Waals surface area contributed by atoms with E-state index in [9.17, 15) is 0 Å². The van der Waals surface area contributed by atoms with Gasteiger partial charge < -0.3 is 5.11 Å². The van der Waals surface area contributed by atoms with Crippen molar-refractivity contribution in [2.24, 2.45) is 11.3 Å². The summed E-state index contributed by atoms with van der Waals surface area (Å²) < 4.78 is 0. The second-order valence-corrected chi connectivity index (χ2v) is 3.35. The average Bonchev–Trinajstić information content (AvgIpc) is 2.13. The Morgan fingerprint density at radius 2 is 2.44 bits per heavy atom. The highest BCUT2D eigenvalue weighted by Gasteiger charge is 2.26. The Morgan fingerprint density at radius 1 is 1.78 bits per heavy atom. The lowest BCUT2D eigenvalue weighted by molar-refractivity contribution is 0.175. The molecule has 1 N–H and O–H groups in total. The summed E-state index contributed by atoms with van der Waals surface area (Å²) in [5, 5.41) is 8.89. The van der Waals surface area contributed by atoms with Crippen molar-refractivity contribution in [3.8, 4) is 0 Å². The van der Waals surface area contributed by atoms with Gasteiger partial charge in [0.2, 0.25) is 0 Å². The molecule has 1 heteroatoms. The van der Waals surface area contributed by atoms with Gasteiger partial charge in [-0.3, -0.25) is 0 Å². The van der Waals surface area contributed by atoms with E-state index < -0.39 is 0 Å². The number of aliphatic hydroxyl groups excluding tert-OH is 1. The standard InChI is InChI=1S/C8H14O/c1-7-3-4-8(2,5-7)6-9/h3-4,7,9H,5-6H2,1-2H3. The van der Waals surface area contributed by atoms with Gasteiger partial charge in [-0.1, -0.05) is 26.0 Å². The van der Waals surface area contributed by atoms with Gasteiger partial charge in [-0.25, -0.2) is 0 Å². The zero-order valence-corrected chi connectivity index (χ0v) is 6.09. The molecule has 0 aromatic carbocycles. The highest BCUT2D eigenvalue weighted by Crippen LogP contribution is 2.33. The molecule has 0 bridgehead atoms. The van der Waals surface area contributed by atoms with Crippen LogP contribution in [-0.2, 0) is 0 Å². The molecule has 0 heterocycles. The second kappa shape index (κ2) is 2.14. The third-order valence-corrected chi connectivity index (χ3v) is 1.98. The van der Waals surface area contributed by atoms with Crippen molar-refractivity contribution in [1.29, 1.82) is 0 Å². The van der Waals surface area contributed by atoms with Crippen molar-refractivity contribution in [3.05, 3.63) is 12.2 Å². The van der Waals surface area contributed by atoms with Gasteiger partial charge >= 0.3 is 0 Å². The Kier molecular flexibility index (Phi) is 1.62. The van der Waals surface area contributed by atoms with Gasteiger partial charge in [0, 0.05) is 5.41 Å². The Hall–Kier alpha value is -0.300. The number of aliphatic hydroxyl groups is 1. The van der Waals surface area contributed by atoms with Gasteiger partial charge in [0.05, 0.1) is 6.61 Å². The largest absolute Gasteiger partial charge is 0.395 e. The van der Waals surface area contributed by atoms with Gasteiger partial charge in [0.25, 0.3) is 0 Å². The van der Waals surface area contributed by atoms with Gasteiger partial charge in [-0.2, -0.15) is 0 Å². The van der Waals surface area contributed by atoms with Crippen LogP contribution in [0.25, 0.3) is 0 Å². The zero-order valence-electron chi connectivity index (χ0n) is 6.09. The van der Waals surface area contributed by atoms with Crippen LogP contribution < -0.4 is 0 Å². The molecule has 52 valence electrons. The second-order valence-electron chi connectivity index (χ2n) is 3.35. The Morgan fingerprint density at radius 3 is 2.67 bits per heavy atom. The van der Waals surface area contributed by atoms with Crippen molar-refractivity contribution in [2.45, 2.75) is 20.3 Å². The van der Waals surface area contributed by atoms with E-state index in [0.717, 1.165) is 6.42 Å². The summed E-state index contributed by atoms with van der Waals surface area (Å²) >= 11 is 0. The Bertz CT molecular complexity index is 129. The molecule has 9 heavy (non-hydrogen) atoms. The van der Waals surface area contributed by atoms with Crippen LogP contribution in [0.5, 0.6) is 0 Å². The molecule has 1 rings (SSSR count). The summed E-state index contributed by atoms with van der Waals surface area (Å²) in [6.45, 7) is 4.55. The van der Waals surface area contributed by atoms with Crippen LogP contribution in [0.1, 0.15) is 20.3 Å². The molecule has 1 aliphatic carbocycles. The van der Waals surface area contributed by atoms with Crippen LogP contribution >= 0.6 is 0 Å². The molecule has 0 aliphatic heterocycles. The molecular weight excluding hydrogens is 112 g/mol. The molecule has 1 aliphatic rings. The Balaban J connectivity index is 2.57. The van der Waals surface area contributed by atoms with Crippen LogP contribution in [-0.4, -0.2) is 11.7 Å². The van der Waals surface area contributed by atoms with Crippen LogP contribution in [0.3, 0.4) is 0 Å². The highest BCUT2D eigenvalue weighted by molar-refractivity contribution is 5.07. The molecule has 2 atom stereocenters. The lowest BCUT2D eigenvalue weighted by atomic mass is 9.89. The number of allylic oxidation sites excluding steroid dienone is 1. The molecule has 0 amide bonds. The van der Waals surface area contributed by atoms with Crippen LogP contribution in [0.2, 0.25) is 0 Å². The third kappa shape index (κ3) is 1.33. The van der Waals surface area contributed by atoms with Crippen LogP contribution in [0.15, 0.2) is 12.2 Å². The van der Waals surface area contributed by atoms with Gasteiger partial charge in [-0.05, 0) is 12.3 Å². The number of rotatable bonds is 1. The molecule has 0 saturated heterocycles. The predicted molar refractivity (Wildman–Crippen MR) is 38.1 cm³/mol. The molecule has 1 nitrogen and oxygen atoms in total. The molecule has 0 aromatic heterocycles. The first-order valence-corrected chi connectivity index (χ1v) is 3.46. The Labute approximate surface area is 56.4 Å². The van der Waals surface area contributed by atoms with Crippen molar-refractivity contribution in [2.75, 3.05) is 6.61 Å². The first-order chi connectivity index (χ1) is 4.16. The molecule has 0 saturated carbocycles. The van der Waals surface area contributed by atoms with E-state index in [-0.39, 0.29) is 12.0 Å². The lowest BCUT2D eigenvalue weighted by Gasteiger charge is -2.18.